The number of hydrogen-bond acceptors (Lipinski definition) is 4. The number of hydrogen-bond donors (Lipinski definition) is 1. The molecule has 0 spiro atoms. The summed E-state index contributed by atoms with van der Waals surface area (Å²) in [7, 11) is 3.05. The van der Waals surface area contributed by atoms with E-state index in [0.29, 0.717) is 11.5 Å². The van der Waals surface area contributed by atoms with E-state index >= 15 is 0 Å². The van der Waals surface area contributed by atoms with Gasteiger partial charge in [0.25, 0.3) is 0 Å². The van der Waals surface area contributed by atoms with E-state index in [4.69, 9.17) is 19.0 Å². The minimum absolute atomic E-state index is 0.111. The Morgan fingerprint density at radius 3 is 2.50 bits per heavy atom. The molecule has 1 aromatic heterocycles. The summed E-state index contributed by atoms with van der Waals surface area (Å²) in [5.41, 5.74) is 0. The Labute approximate surface area is 70.7 Å². The molecule has 68 valence electrons. The third kappa shape index (κ3) is 1.85. The van der Waals surface area contributed by atoms with Crippen molar-refractivity contribution in [2.45, 2.75) is 12.9 Å². The van der Waals surface area contributed by atoms with E-state index in [1.54, 1.807) is 12.1 Å². The van der Waals surface area contributed by atoms with Gasteiger partial charge in [-0.3, -0.25) is 0 Å². The van der Waals surface area contributed by atoms with Gasteiger partial charge in [0.2, 0.25) is 6.29 Å². The van der Waals surface area contributed by atoms with Gasteiger partial charge in [-0.25, -0.2) is 0 Å². The van der Waals surface area contributed by atoms with E-state index < -0.39 is 6.29 Å². The molecule has 0 radical (unpaired) electrons. The zero-order valence-electron chi connectivity index (χ0n) is 7.11. The van der Waals surface area contributed by atoms with E-state index in [1.165, 1.54) is 14.2 Å². The first-order valence-corrected chi connectivity index (χ1v) is 3.57. The standard InChI is InChI=1S/C8H12O4/c1-10-8(11-2)7-4-3-6(5-9)12-7/h3-4,8-9H,5H2,1-2H3. The van der Waals surface area contributed by atoms with E-state index in [9.17, 15) is 0 Å². The second kappa shape index (κ2) is 4.25. The average molecular weight is 172 g/mol. The van der Waals surface area contributed by atoms with Crippen LogP contribution in [0, 0.1) is 0 Å². The van der Waals surface area contributed by atoms with E-state index in [0.717, 1.165) is 0 Å². The molecule has 1 heterocycles. The first-order valence-electron chi connectivity index (χ1n) is 3.57. The van der Waals surface area contributed by atoms with Crippen molar-refractivity contribution in [1.29, 1.82) is 0 Å². The predicted octanol–water partition coefficient (Wildman–Crippen LogP) is 1.06. The fourth-order valence-corrected chi connectivity index (χ4v) is 0.935. The maximum Gasteiger partial charge on any atom is 0.216 e. The van der Waals surface area contributed by atoms with Crippen molar-refractivity contribution >= 4 is 0 Å². The highest BCUT2D eigenvalue weighted by molar-refractivity contribution is 5.07. The Morgan fingerprint density at radius 1 is 1.42 bits per heavy atom. The van der Waals surface area contributed by atoms with Gasteiger partial charge in [0.05, 0.1) is 0 Å². The van der Waals surface area contributed by atoms with Gasteiger partial charge >= 0.3 is 0 Å². The quantitative estimate of drug-likeness (QED) is 0.690. The fraction of sp³-hybridized carbons (Fsp3) is 0.500. The summed E-state index contributed by atoms with van der Waals surface area (Å²) in [6.45, 7) is -0.111. The van der Waals surface area contributed by atoms with Crippen LogP contribution in [0.15, 0.2) is 16.5 Å². The van der Waals surface area contributed by atoms with Gasteiger partial charge < -0.3 is 19.0 Å². The molecule has 0 aliphatic rings. The number of ether oxygens (including phenoxy) is 2. The first kappa shape index (κ1) is 9.25. The lowest BCUT2D eigenvalue weighted by molar-refractivity contribution is -0.118. The Bertz CT molecular complexity index is 227. The van der Waals surface area contributed by atoms with Gasteiger partial charge in [0, 0.05) is 14.2 Å². The molecule has 0 bridgehead atoms. The van der Waals surface area contributed by atoms with Crippen LogP contribution in [-0.2, 0) is 16.1 Å². The molecule has 1 rings (SSSR count). The minimum Gasteiger partial charge on any atom is -0.458 e. The highest BCUT2D eigenvalue weighted by atomic mass is 16.7. The molecule has 4 heteroatoms. The van der Waals surface area contributed by atoms with Crippen molar-refractivity contribution in [3.8, 4) is 0 Å². The molecule has 0 aliphatic heterocycles. The molecule has 0 aliphatic carbocycles. The average Bonchev–Trinajstić information content (AvgIpc) is 2.55. The summed E-state index contributed by atoms with van der Waals surface area (Å²) in [6.07, 6.45) is -0.495. The third-order valence-corrected chi connectivity index (χ3v) is 1.50. The van der Waals surface area contributed by atoms with Gasteiger partial charge in [-0.15, -0.1) is 0 Å². The minimum atomic E-state index is -0.495. The smallest absolute Gasteiger partial charge is 0.216 e. The maximum absolute atomic E-state index is 8.70. The van der Waals surface area contributed by atoms with E-state index in [1.807, 2.05) is 0 Å². The van der Waals surface area contributed by atoms with E-state index in [-0.39, 0.29) is 6.61 Å². The third-order valence-electron chi connectivity index (χ3n) is 1.50. The number of furan rings is 1. The van der Waals surface area contributed by atoms with Crippen molar-refractivity contribution < 1.29 is 19.0 Å². The Morgan fingerprint density at radius 2 is 2.08 bits per heavy atom. The lowest BCUT2D eigenvalue weighted by atomic mass is 10.4. The SMILES string of the molecule is COC(OC)c1ccc(CO)o1. The summed E-state index contributed by atoms with van der Waals surface area (Å²) in [5, 5.41) is 8.70. The molecule has 4 nitrogen and oxygen atoms in total. The van der Waals surface area contributed by atoms with Crippen LogP contribution in [0.25, 0.3) is 0 Å². The van der Waals surface area contributed by atoms with Gasteiger partial charge in [-0.1, -0.05) is 0 Å². The van der Waals surface area contributed by atoms with Crippen molar-refractivity contribution in [3.63, 3.8) is 0 Å². The lowest BCUT2D eigenvalue weighted by Gasteiger charge is -2.09. The second-order valence-electron chi connectivity index (χ2n) is 2.27. The molecule has 1 N–H and O–H groups in total. The van der Waals surface area contributed by atoms with E-state index in [2.05, 4.69) is 0 Å². The zero-order valence-corrected chi connectivity index (χ0v) is 7.11. The maximum atomic E-state index is 8.70. The Balaban J connectivity index is 2.72. The van der Waals surface area contributed by atoms with Crippen LogP contribution >= 0.6 is 0 Å². The number of rotatable bonds is 4. The van der Waals surface area contributed by atoms with Crippen molar-refractivity contribution in [3.05, 3.63) is 23.7 Å². The van der Waals surface area contributed by atoms with Crippen LogP contribution in [0.3, 0.4) is 0 Å². The summed E-state index contributed by atoms with van der Waals surface area (Å²) < 4.78 is 15.1. The summed E-state index contributed by atoms with van der Waals surface area (Å²) in [5.74, 6) is 1.06. The summed E-state index contributed by atoms with van der Waals surface area (Å²) in [6, 6.07) is 3.39. The fourth-order valence-electron chi connectivity index (χ4n) is 0.935. The van der Waals surface area contributed by atoms with Crippen LogP contribution in [-0.4, -0.2) is 19.3 Å². The van der Waals surface area contributed by atoms with Gasteiger partial charge in [0.1, 0.15) is 12.4 Å². The summed E-state index contributed by atoms with van der Waals surface area (Å²) in [4.78, 5) is 0. The molecule has 12 heavy (non-hydrogen) atoms. The van der Waals surface area contributed by atoms with Crippen LogP contribution in [0.4, 0.5) is 0 Å². The van der Waals surface area contributed by atoms with Gasteiger partial charge in [0.15, 0.2) is 5.76 Å². The van der Waals surface area contributed by atoms with Crippen molar-refractivity contribution in [2.75, 3.05) is 14.2 Å². The normalized spacial score (nSPS) is 11.0. The Kier molecular flexibility index (Phi) is 3.28. The highest BCUT2D eigenvalue weighted by Crippen LogP contribution is 2.19. The second-order valence-corrected chi connectivity index (χ2v) is 2.27. The molecule has 0 unspecified atom stereocenters. The van der Waals surface area contributed by atoms with Crippen molar-refractivity contribution in [1.82, 2.24) is 0 Å². The molecule has 0 saturated heterocycles. The molecule has 0 amide bonds. The largest absolute Gasteiger partial charge is 0.458 e. The zero-order chi connectivity index (χ0) is 8.97. The number of aliphatic hydroxyl groups excluding tert-OH is 1. The van der Waals surface area contributed by atoms with Crippen molar-refractivity contribution in [2.24, 2.45) is 0 Å². The lowest BCUT2D eigenvalue weighted by Crippen LogP contribution is -2.01. The highest BCUT2D eigenvalue weighted by Gasteiger charge is 2.12. The Hall–Kier alpha value is -0.840. The molecule has 0 aromatic carbocycles. The molecule has 0 saturated carbocycles. The topological polar surface area (TPSA) is 51.8 Å². The molecule has 0 fully saturated rings. The molecular weight excluding hydrogens is 160 g/mol. The molecular formula is C8H12O4. The number of methoxy groups -OCH3 is 2. The number of aliphatic hydroxyl groups is 1. The van der Waals surface area contributed by atoms with Crippen LogP contribution < -0.4 is 0 Å². The molecule has 1 aromatic rings. The first-order chi connectivity index (χ1) is 5.81. The van der Waals surface area contributed by atoms with Gasteiger partial charge in [-0.05, 0) is 12.1 Å². The van der Waals surface area contributed by atoms with Crippen LogP contribution in [0.5, 0.6) is 0 Å². The van der Waals surface area contributed by atoms with Gasteiger partial charge in [-0.2, -0.15) is 0 Å². The predicted molar refractivity (Wildman–Crippen MR) is 41.4 cm³/mol. The monoisotopic (exact) mass is 172 g/mol. The summed E-state index contributed by atoms with van der Waals surface area (Å²) >= 11 is 0. The molecule has 0 atom stereocenters. The van der Waals surface area contributed by atoms with Crippen LogP contribution in [0.1, 0.15) is 17.8 Å². The van der Waals surface area contributed by atoms with Crippen LogP contribution in [0.2, 0.25) is 0 Å².